The largest absolute Gasteiger partial charge is 0.378 e. The highest BCUT2D eigenvalue weighted by molar-refractivity contribution is 6.00. The second kappa shape index (κ2) is 5.85. The van der Waals surface area contributed by atoms with Crippen LogP contribution in [0.2, 0.25) is 0 Å². The Morgan fingerprint density at radius 3 is 2.67 bits per heavy atom. The Bertz CT molecular complexity index is 552. The van der Waals surface area contributed by atoms with Gasteiger partial charge in [-0.2, -0.15) is 0 Å². The molecular weight excluding hydrogens is 268 g/mol. The number of aryl methyl sites for hydroxylation is 1. The minimum absolute atomic E-state index is 0.0379. The molecule has 3 rings (SSSR count). The third kappa shape index (κ3) is 2.78. The van der Waals surface area contributed by atoms with Crippen LogP contribution in [0.15, 0.2) is 24.3 Å². The van der Waals surface area contributed by atoms with Gasteiger partial charge in [0.25, 0.3) is 0 Å². The quantitative estimate of drug-likeness (QED) is 0.822. The van der Waals surface area contributed by atoms with E-state index in [1.165, 1.54) is 0 Å². The predicted molar refractivity (Wildman–Crippen MR) is 79.0 cm³/mol. The number of nitrogens with zero attached hydrogens (tertiary/aromatic N) is 2. The molecule has 0 N–H and O–H groups in total. The highest BCUT2D eigenvalue weighted by atomic mass is 16.5. The number of amides is 2. The van der Waals surface area contributed by atoms with Crippen LogP contribution in [-0.2, 0) is 14.3 Å². The Morgan fingerprint density at radius 2 is 1.95 bits per heavy atom. The topological polar surface area (TPSA) is 49.9 Å². The summed E-state index contributed by atoms with van der Waals surface area (Å²) in [6, 6.07) is 7.80. The highest BCUT2D eigenvalue weighted by Gasteiger charge is 2.37. The number of ether oxygens (including phenoxy) is 1. The second-order valence-corrected chi connectivity index (χ2v) is 5.63. The first-order valence-corrected chi connectivity index (χ1v) is 7.39. The van der Waals surface area contributed by atoms with Gasteiger partial charge in [0.05, 0.1) is 19.1 Å². The van der Waals surface area contributed by atoms with Gasteiger partial charge in [-0.25, -0.2) is 0 Å². The van der Waals surface area contributed by atoms with Crippen molar-refractivity contribution in [2.75, 3.05) is 37.7 Å². The van der Waals surface area contributed by atoms with Crippen LogP contribution in [0.5, 0.6) is 0 Å². The number of anilines is 1. The number of hydrogen-bond acceptors (Lipinski definition) is 3. The van der Waals surface area contributed by atoms with Crippen molar-refractivity contribution in [2.24, 2.45) is 5.92 Å². The van der Waals surface area contributed by atoms with E-state index in [4.69, 9.17) is 4.74 Å². The summed E-state index contributed by atoms with van der Waals surface area (Å²) in [5, 5.41) is 0. The van der Waals surface area contributed by atoms with Gasteiger partial charge in [0.15, 0.2) is 0 Å². The first kappa shape index (κ1) is 14.1. The number of morpholine rings is 1. The van der Waals surface area contributed by atoms with Crippen molar-refractivity contribution < 1.29 is 14.3 Å². The van der Waals surface area contributed by atoms with E-state index >= 15 is 0 Å². The molecule has 2 fully saturated rings. The summed E-state index contributed by atoms with van der Waals surface area (Å²) < 4.78 is 5.27. The van der Waals surface area contributed by atoms with Crippen LogP contribution in [0.4, 0.5) is 5.69 Å². The molecule has 0 aromatic heterocycles. The molecule has 2 heterocycles. The summed E-state index contributed by atoms with van der Waals surface area (Å²) >= 11 is 0. The molecule has 1 atom stereocenters. The van der Waals surface area contributed by atoms with Crippen LogP contribution < -0.4 is 4.90 Å². The summed E-state index contributed by atoms with van der Waals surface area (Å²) in [4.78, 5) is 28.3. The molecule has 2 amide bonds. The van der Waals surface area contributed by atoms with Crippen LogP contribution in [0.3, 0.4) is 0 Å². The fourth-order valence-electron chi connectivity index (χ4n) is 3.01. The maximum Gasteiger partial charge on any atom is 0.228 e. The zero-order valence-electron chi connectivity index (χ0n) is 12.2. The Hall–Kier alpha value is -1.88. The smallest absolute Gasteiger partial charge is 0.228 e. The van der Waals surface area contributed by atoms with Crippen molar-refractivity contribution >= 4 is 17.5 Å². The van der Waals surface area contributed by atoms with Gasteiger partial charge in [-0.3, -0.25) is 9.59 Å². The molecule has 0 spiro atoms. The van der Waals surface area contributed by atoms with E-state index in [-0.39, 0.29) is 17.7 Å². The van der Waals surface area contributed by atoms with E-state index in [9.17, 15) is 9.59 Å². The lowest BCUT2D eigenvalue weighted by Gasteiger charge is -2.29. The number of rotatable bonds is 2. The van der Waals surface area contributed by atoms with Gasteiger partial charge in [-0.1, -0.05) is 18.2 Å². The number of benzene rings is 1. The zero-order valence-corrected chi connectivity index (χ0v) is 12.2. The van der Waals surface area contributed by atoms with Crippen molar-refractivity contribution in [2.45, 2.75) is 13.3 Å². The maximum absolute atomic E-state index is 12.5. The van der Waals surface area contributed by atoms with Crippen LogP contribution in [0.25, 0.3) is 0 Å². The Balaban J connectivity index is 1.72. The van der Waals surface area contributed by atoms with Crippen LogP contribution in [0.1, 0.15) is 12.0 Å². The lowest BCUT2D eigenvalue weighted by molar-refractivity contribution is -0.139. The zero-order chi connectivity index (χ0) is 14.8. The molecule has 2 saturated heterocycles. The number of para-hydroxylation sites is 1. The molecule has 5 nitrogen and oxygen atoms in total. The first-order chi connectivity index (χ1) is 10.2. The fraction of sp³-hybridized carbons (Fsp3) is 0.500. The van der Waals surface area contributed by atoms with E-state index < -0.39 is 0 Å². The Morgan fingerprint density at radius 1 is 1.24 bits per heavy atom. The van der Waals surface area contributed by atoms with Crippen molar-refractivity contribution in [3.63, 3.8) is 0 Å². The molecule has 21 heavy (non-hydrogen) atoms. The molecule has 0 bridgehead atoms. The van der Waals surface area contributed by atoms with Crippen LogP contribution in [0, 0.1) is 12.8 Å². The van der Waals surface area contributed by atoms with E-state index in [1.54, 1.807) is 4.90 Å². The molecule has 0 aliphatic carbocycles. The summed E-state index contributed by atoms with van der Waals surface area (Å²) in [7, 11) is 0. The number of carbonyl (C=O) groups excluding carboxylic acids is 2. The monoisotopic (exact) mass is 288 g/mol. The van der Waals surface area contributed by atoms with E-state index in [0.717, 1.165) is 11.3 Å². The number of carbonyl (C=O) groups is 2. The summed E-state index contributed by atoms with van der Waals surface area (Å²) in [6.45, 7) is 4.92. The van der Waals surface area contributed by atoms with Gasteiger partial charge >= 0.3 is 0 Å². The average Bonchev–Trinajstić information content (AvgIpc) is 2.90. The lowest BCUT2D eigenvalue weighted by atomic mass is 10.1. The first-order valence-electron chi connectivity index (χ1n) is 7.39. The highest BCUT2D eigenvalue weighted by Crippen LogP contribution is 2.28. The minimum atomic E-state index is -0.227. The lowest BCUT2D eigenvalue weighted by Crippen LogP contribution is -2.44. The average molecular weight is 288 g/mol. The van der Waals surface area contributed by atoms with Gasteiger partial charge in [0.2, 0.25) is 11.8 Å². The minimum Gasteiger partial charge on any atom is -0.378 e. The molecule has 0 saturated carbocycles. The van der Waals surface area contributed by atoms with Crippen molar-refractivity contribution in [3.8, 4) is 0 Å². The Labute approximate surface area is 124 Å². The summed E-state index contributed by atoms with van der Waals surface area (Å²) in [5.41, 5.74) is 1.98. The molecular formula is C16H20N2O3. The third-order valence-corrected chi connectivity index (χ3v) is 4.20. The standard InChI is InChI=1S/C16H20N2O3/c1-12-4-2-3-5-14(12)18-11-13(10-15(18)19)16(20)17-6-8-21-9-7-17/h2-5,13H,6-11H2,1H3. The summed E-state index contributed by atoms with van der Waals surface area (Å²) in [6.07, 6.45) is 0.310. The molecule has 1 unspecified atom stereocenters. The molecule has 1 aromatic carbocycles. The van der Waals surface area contributed by atoms with Crippen LogP contribution >= 0.6 is 0 Å². The van der Waals surface area contributed by atoms with Gasteiger partial charge in [0, 0.05) is 31.7 Å². The van der Waals surface area contributed by atoms with Gasteiger partial charge < -0.3 is 14.5 Å². The number of hydrogen-bond donors (Lipinski definition) is 0. The van der Waals surface area contributed by atoms with Gasteiger partial charge in [0.1, 0.15) is 0 Å². The third-order valence-electron chi connectivity index (χ3n) is 4.20. The van der Waals surface area contributed by atoms with E-state index in [1.807, 2.05) is 36.1 Å². The molecule has 5 heteroatoms. The van der Waals surface area contributed by atoms with Crippen molar-refractivity contribution in [3.05, 3.63) is 29.8 Å². The second-order valence-electron chi connectivity index (χ2n) is 5.63. The predicted octanol–water partition coefficient (Wildman–Crippen LogP) is 1.21. The normalized spacial score (nSPS) is 22.7. The molecule has 0 radical (unpaired) electrons. The summed E-state index contributed by atoms with van der Waals surface area (Å²) in [5.74, 6) is -0.103. The molecule has 112 valence electrons. The van der Waals surface area contributed by atoms with E-state index in [0.29, 0.717) is 39.3 Å². The van der Waals surface area contributed by atoms with Crippen molar-refractivity contribution in [1.29, 1.82) is 0 Å². The molecule has 2 aliphatic heterocycles. The van der Waals surface area contributed by atoms with E-state index in [2.05, 4.69) is 0 Å². The van der Waals surface area contributed by atoms with Gasteiger partial charge in [-0.15, -0.1) is 0 Å². The van der Waals surface area contributed by atoms with Crippen LogP contribution in [-0.4, -0.2) is 49.6 Å². The maximum atomic E-state index is 12.5. The molecule has 1 aromatic rings. The van der Waals surface area contributed by atoms with Gasteiger partial charge in [-0.05, 0) is 18.6 Å². The van der Waals surface area contributed by atoms with Crippen molar-refractivity contribution in [1.82, 2.24) is 4.90 Å². The molecule has 2 aliphatic rings. The fourth-order valence-corrected chi connectivity index (χ4v) is 3.01. The Kier molecular flexibility index (Phi) is 3.92. The SMILES string of the molecule is Cc1ccccc1N1CC(C(=O)N2CCOCC2)CC1=O.